The zero-order valence-electron chi connectivity index (χ0n) is 24.3. The molecule has 1 heterocycles. The second-order valence-electron chi connectivity index (χ2n) is 10.4. The number of hydrogen-bond donors (Lipinski definition) is 2. The number of hydrogen-bond acceptors (Lipinski definition) is 8. The number of methoxy groups -OCH3 is 2. The van der Waals surface area contributed by atoms with E-state index in [4.69, 9.17) is 21.1 Å². The Labute approximate surface area is 260 Å². The number of rotatable bonds is 13. The van der Waals surface area contributed by atoms with Gasteiger partial charge in [0.05, 0.1) is 37.5 Å². The SMILES string of the molecule is COc1ccc(CN(c2nccs2)S(=O)(=O)c2cc(Cl)c(NCC(CC3CCCCC3)N(C)C(=O)O)cc2F)c(OC)c1. The molecule has 234 valence electrons. The fourth-order valence-corrected chi connectivity index (χ4v) is 7.92. The van der Waals surface area contributed by atoms with Crippen LogP contribution in [-0.4, -0.2) is 63.4 Å². The molecule has 1 fully saturated rings. The van der Waals surface area contributed by atoms with Gasteiger partial charge >= 0.3 is 6.09 Å². The Morgan fingerprint density at radius 2 is 1.95 bits per heavy atom. The first kappa shape index (κ1) is 32.6. The number of amides is 1. The molecule has 1 aliphatic carbocycles. The molecule has 10 nitrogen and oxygen atoms in total. The van der Waals surface area contributed by atoms with Crippen LogP contribution in [0, 0.1) is 11.7 Å². The highest BCUT2D eigenvalue weighted by molar-refractivity contribution is 7.93. The Bertz CT molecular complexity index is 1500. The smallest absolute Gasteiger partial charge is 0.407 e. The van der Waals surface area contributed by atoms with E-state index in [0.717, 1.165) is 53.5 Å². The van der Waals surface area contributed by atoms with E-state index < -0.39 is 26.8 Å². The van der Waals surface area contributed by atoms with Gasteiger partial charge in [0.2, 0.25) is 0 Å². The molecule has 0 saturated heterocycles. The number of carbonyl (C=O) groups is 1. The summed E-state index contributed by atoms with van der Waals surface area (Å²) in [5.41, 5.74) is 0.682. The van der Waals surface area contributed by atoms with Gasteiger partial charge in [0.1, 0.15) is 22.2 Å². The molecule has 2 N–H and O–H groups in total. The highest BCUT2D eigenvalue weighted by Gasteiger charge is 2.32. The van der Waals surface area contributed by atoms with Gasteiger partial charge in [-0.05, 0) is 36.6 Å². The zero-order chi connectivity index (χ0) is 31.1. The molecule has 0 radical (unpaired) electrons. The van der Waals surface area contributed by atoms with Crippen molar-refractivity contribution in [3.8, 4) is 11.5 Å². The van der Waals surface area contributed by atoms with Crippen molar-refractivity contribution >= 4 is 49.9 Å². The number of aromatic nitrogens is 1. The molecule has 0 aliphatic heterocycles. The number of ether oxygens (including phenoxy) is 2. The number of nitrogens with one attached hydrogen (secondary N) is 1. The predicted molar refractivity (Wildman–Crippen MR) is 166 cm³/mol. The van der Waals surface area contributed by atoms with Crippen molar-refractivity contribution in [2.75, 3.05) is 37.4 Å². The largest absolute Gasteiger partial charge is 0.497 e. The van der Waals surface area contributed by atoms with Crippen LogP contribution in [0.2, 0.25) is 5.02 Å². The summed E-state index contributed by atoms with van der Waals surface area (Å²) in [5, 5.41) is 14.4. The van der Waals surface area contributed by atoms with Crippen LogP contribution < -0.4 is 19.1 Å². The molecule has 2 aromatic carbocycles. The molecule has 1 amide bonds. The Balaban J connectivity index is 1.60. The highest BCUT2D eigenvalue weighted by Crippen LogP contribution is 2.36. The normalized spacial score (nSPS) is 14.6. The van der Waals surface area contributed by atoms with Crippen LogP contribution in [0.1, 0.15) is 44.1 Å². The summed E-state index contributed by atoms with van der Waals surface area (Å²) in [6.45, 7) is -0.00247. The molecule has 1 saturated carbocycles. The maximum Gasteiger partial charge on any atom is 0.407 e. The molecule has 1 unspecified atom stereocenters. The third kappa shape index (κ3) is 7.81. The molecule has 14 heteroatoms. The van der Waals surface area contributed by atoms with Crippen LogP contribution in [0.3, 0.4) is 0 Å². The fraction of sp³-hybridized carbons (Fsp3) is 0.448. The minimum Gasteiger partial charge on any atom is -0.497 e. The summed E-state index contributed by atoms with van der Waals surface area (Å²) < 4.78 is 55.2. The average molecular weight is 655 g/mol. The van der Waals surface area contributed by atoms with E-state index in [1.807, 2.05) is 0 Å². The van der Waals surface area contributed by atoms with Crippen LogP contribution in [0.4, 0.5) is 20.0 Å². The molecule has 0 spiro atoms. The average Bonchev–Trinajstić information content (AvgIpc) is 3.53. The topological polar surface area (TPSA) is 121 Å². The van der Waals surface area contributed by atoms with Crippen molar-refractivity contribution in [2.45, 2.75) is 56.0 Å². The van der Waals surface area contributed by atoms with E-state index in [-0.39, 0.29) is 35.0 Å². The monoisotopic (exact) mass is 654 g/mol. The second kappa shape index (κ2) is 14.5. The molecule has 1 atom stereocenters. The minimum atomic E-state index is -4.49. The van der Waals surface area contributed by atoms with Crippen LogP contribution in [-0.2, 0) is 16.6 Å². The third-order valence-electron chi connectivity index (χ3n) is 7.74. The standard InChI is InChI=1S/C29H36ClFN4O6S2/c1-34(29(36)37)21(13-19-7-5-4-6-8-19)17-33-25-16-24(31)27(15-23(25)30)43(38,39)35(28-32-11-12-42-28)18-20-9-10-22(40-2)14-26(20)41-3/h9-12,14-16,19,21,33H,4-8,13,17-18H2,1-3H3,(H,36,37). The lowest BCUT2D eigenvalue weighted by Gasteiger charge is -2.31. The Kier molecular flexibility index (Phi) is 11.0. The lowest BCUT2D eigenvalue weighted by Crippen LogP contribution is -2.42. The number of thiazole rings is 1. The lowest BCUT2D eigenvalue weighted by atomic mass is 9.84. The van der Waals surface area contributed by atoms with Crippen LogP contribution >= 0.6 is 22.9 Å². The number of nitrogens with zero attached hydrogens (tertiary/aromatic N) is 3. The van der Waals surface area contributed by atoms with Gasteiger partial charge in [-0.15, -0.1) is 11.3 Å². The van der Waals surface area contributed by atoms with Gasteiger partial charge in [0.25, 0.3) is 10.0 Å². The molecule has 43 heavy (non-hydrogen) atoms. The summed E-state index contributed by atoms with van der Waals surface area (Å²) in [6, 6.07) is 6.69. The molecule has 4 rings (SSSR count). The minimum absolute atomic E-state index is 0.0181. The van der Waals surface area contributed by atoms with Gasteiger partial charge in [-0.2, -0.15) is 0 Å². The zero-order valence-corrected chi connectivity index (χ0v) is 26.6. The van der Waals surface area contributed by atoms with E-state index in [9.17, 15) is 18.3 Å². The Morgan fingerprint density at radius 3 is 2.58 bits per heavy atom. The lowest BCUT2D eigenvalue weighted by molar-refractivity contribution is 0.130. The number of benzene rings is 2. The van der Waals surface area contributed by atoms with E-state index in [1.54, 1.807) is 23.6 Å². The van der Waals surface area contributed by atoms with Crippen molar-refractivity contribution in [3.05, 3.63) is 58.3 Å². The Morgan fingerprint density at radius 1 is 1.21 bits per heavy atom. The molecular weight excluding hydrogens is 619 g/mol. The van der Waals surface area contributed by atoms with Gasteiger partial charge in [-0.25, -0.2) is 26.9 Å². The number of sulfonamides is 1. The highest BCUT2D eigenvalue weighted by atomic mass is 35.5. The van der Waals surface area contributed by atoms with Gasteiger partial charge < -0.3 is 24.8 Å². The summed E-state index contributed by atoms with van der Waals surface area (Å²) in [4.78, 5) is 16.6. The van der Waals surface area contributed by atoms with E-state index >= 15 is 4.39 Å². The summed E-state index contributed by atoms with van der Waals surface area (Å²) in [7, 11) is -0.00736. The predicted octanol–water partition coefficient (Wildman–Crippen LogP) is 6.71. The molecular formula is C29H36ClFN4O6S2. The van der Waals surface area contributed by atoms with Crippen LogP contribution in [0.25, 0.3) is 0 Å². The number of anilines is 2. The van der Waals surface area contributed by atoms with E-state index in [0.29, 0.717) is 29.4 Å². The summed E-state index contributed by atoms with van der Waals surface area (Å²) in [6.07, 6.45) is 6.59. The fourth-order valence-electron chi connectivity index (χ4n) is 5.28. The van der Waals surface area contributed by atoms with Crippen molar-refractivity contribution in [1.29, 1.82) is 0 Å². The number of halogens is 2. The van der Waals surface area contributed by atoms with Crippen molar-refractivity contribution < 1.29 is 32.2 Å². The van der Waals surface area contributed by atoms with E-state index in [1.165, 1.54) is 38.8 Å². The summed E-state index contributed by atoms with van der Waals surface area (Å²) in [5.74, 6) is 0.317. The second-order valence-corrected chi connectivity index (χ2v) is 13.5. The quantitative estimate of drug-likeness (QED) is 0.209. The maximum atomic E-state index is 15.6. The molecule has 3 aromatic rings. The van der Waals surface area contributed by atoms with Gasteiger partial charge in [-0.1, -0.05) is 43.7 Å². The van der Waals surface area contributed by atoms with Crippen LogP contribution in [0.15, 0.2) is 46.8 Å². The maximum absolute atomic E-state index is 15.6. The number of carboxylic acid groups (broad SMARTS) is 1. The molecule has 1 aromatic heterocycles. The first-order valence-electron chi connectivity index (χ1n) is 13.9. The van der Waals surface area contributed by atoms with Gasteiger partial charge in [0.15, 0.2) is 5.13 Å². The summed E-state index contributed by atoms with van der Waals surface area (Å²) >= 11 is 7.59. The van der Waals surface area contributed by atoms with Crippen LogP contribution in [0.5, 0.6) is 11.5 Å². The number of likely N-dealkylation sites (N-methyl/N-ethyl adjacent to an activating group) is 1. The van der Waals surface area contributed by atoms with Gasteiger partial charge in [0, 0.05) is 36.8 Å². The van der Waals surface area contributed by atoms with Crippen molar-refractivity contribution in [3.63, 3.8) is 0 Å². The first-order chi connectivity index (χ1) is 20.5. The first-order valence-corrected chi connectivity index (χ1v) is 16.6. The Hall–Kier alpha value is -3.29. The van der Waals surface area contributed by atoms with E-state index in [2.05, 4.69) is 10.3 Å². The third-order valence-corrected chi connectivity index (χ3v) is 10.7. The van der Waals surface area contributed by atoms with Gasteiger partial charge in [-0.3, -0.25) is 0 Å². The molecule has 0 bridgehead atoms. The van der Waals surface area contributed by atoms with Crippen molar-refractivity contribution in [2.24, 2.45) is 5.92 Å². The van der Waals surface area contributed by atoms with Crippen molar-refractivity contribution in [1.82, 2.24) is 9.88 Å². The molecule has 1 aliphatic rings.